The molecular formula is C21H36FIN6O. The van der Waals surface area contributed by atoms with Crippen LogP contribution in [0.1, 0.15) is 34.1 Å². The lowest BCUT2D eigenvalue weighted by atomic mass is 10.00. The Morgan fingerprint density at radius 1 is 1.30 bits per heavy atom. The third-order valence-corrected chi connectivity index (χ3v) is 5.76. The molecule has 0 amide bonds. The molecule has 0 aliphatic carbocycles. The number of hydrogen-bond acceptors (Lipinski definition) is 5. The molecule has 30 heavy (non-hydrogen) atoms. The van der Waals surface area contributed by atoms with Gasteiger partial charge in [-0.15, -0.1) is 24.0 Å². The summed E-state index contributed by atoms with van der Waals surface area (Å²) in [6, 6.07) is 3.28. The lowest BCUT2D eigenvalue weighted by molar-refractivity contribution is -0.0946. The van der Waals surface area contributed by atoms with Crippen molar-refractivity contribution in [1.82, 2.24) is 20.5 Å². The zero-order valence-electron chi connectivity index (χ0n) is 18.7. The number of aliphatic imine (C=N–C) groups is 1. The minimum Gasteiger partial charge on any atom is -0.373 e. The lowest BCUT2D eigenvalue weighted by Gasteiger charge is -2.45. The van der Waals surface area contributed by atoms with Crippen LogP contribution in [0.15, 0.2) is 23.3 Å². The summed E-state index contributed by atoms with van der Waals surface area (Å²) in [4.78, 5) is 13.0. The zero-order valence-corrected chi connectivity index (χ0v) is 21.0. The van der Waals surface area contributed by atoms with E-state index in [4.69, 9.17) is 4.74 Å². The molecule has 170 valence electrons. The number of anilines is 1. The van der Waals surface area contributed by atoms with Crippen molar-refractivity contribution < 1.29 is 9.13 Å². The molecule has 2 fully saturated rings. The number of guanidine groups is 1. The van der Waals surface area contributed by atoms with E-state index in [9.17, 15) is 4.39 Å². The van der Waals surface area contributed by atoms with Crippen molar-refractivity contribution in [2.24, 2.45) is 4.99 Å². The number of halogens is 2. The molecule has 3 atom stereocenters. The third kappa shape index (κ3) is 6.40. The van der Waals surface area contributed by atoms with E-state index in [0.717, 1.165) is 38.6 Å². The van der Waals surface area contributed by atoms with Crippen LogP contribution < -0.4 is 15.5 Å². The molecule has 3 rings (SSSR count). The van der Waals surface area contributed by atoms with E-state index in [1.54, 1.807) is 19.3 Å². The van der Waals surface area contributed by atoms with Crippen LogP contribution in [0, 0.1) is 5.82 Å². The number of nitrogens with one attached hydrogen (secondary N) is 2. The van der Waals surface area contributed by atoms with Crippen LogP contribution in [0.25, 0.3) is 0 Å². The number of aromatic nitrogens is 1. The van der Waals surface area contributed by atoms with Crippen LogP contribution in [0.3, 0.4) is 0 Å². The molecule has 1 aromatic rings. The van der Waals surface area contributed by atoms with Crippen LogP contribution >= 0.6 is 24.0 Å². The van der Waals surface area contributed by atoms with Crippen molar-refractivity contribution in [3.8, 4) is 0 Å². The molecule has 1 aromatic heterocycles. The van der Waals surface area contributed by atoms with E-state index in [1.165, 1.54) is 6.07 Å². The van der Waals surface area contributed by atoms with E-state index in [1.807, 2.05) is 4.90 Å². The maximum Gasteiger partial charge on any atom is 0.191 e. The normalized spacial score (nSPS) is 25.7. The topological polar surface area (TPSA) is 65.0 Å². The van der Waals surface area contributed by atoms with Crippen LogP contribution in [0.4, 0.5) is 10.2 Å². The average molecular weight is 534 g/mol. The molecular weight excluding hydrogens is 498 g/mol. The maximum atomic E-state index is 14.0. The summed E-state index contributed by atoms with van der Waals surface area (Å²) in [5.74, 6) is 0.934. The summed E-state index contributed by atoms with van der Waals surface area (Å²) in [6.45, 7) is 12.9. The Balaban J connectivity index is 0.00000320. The predicted molar refractivity (Wildman–Crippen MR) is 130 cm³/mol. The SMILES string of the molecule is CN=C(NCC(C)(C)N1CC(C)OC(C)C1)NC1CCN(c2ncccc2F)C1.I. The van der Waals surface area contributed by atoms with Gasteiger partial charge in [-0.3, -0.25) is 9.89 Å². The highest BCUT2D eigenvalue weighted by molar-refractivity contribution is 14.0. The molecule has 0 spiro atoms. The molecule has 2 aliphatic heterocycles. The molecule has 3 heterocycles. The predicted octanol–water partition coefficient (Wildman–Crippen LogP) is 2.47. The summed E-state index contributed by atoms with van der Waals surface area (Å²) >= 11 is 0. The minimum absolute atomic E-state index is 0. The number of morpholine rings is 1. The Labute approximate surface area is 196 Å². The standard InChI is InChI=1S/C21H35FN6O.HI/c1-15-11-28(12-16(2)29-15)21(3,4)14-25-20(23-5)26-17-8-10-27(13-17)19-18(22)7-6-9-24-19;/h6-7,9,15-17H,8,10-14H2,1-5H3,(H2,23,25,26);1H. The van der Waals surface area contributed by atoms with Gasteiger partial charge in [0.25, 0.3) is 0 Å². The Kier molecular flexibility index (Phi) is 9.11. The fourth-order valence-electron chi connectivity index (χ4n) is 4.15. The summed E-state index contributed by atoms with van der Waals surface area (Å²) in [6.07, 6.45) is 3.03. The molecule has 0 radical (unpaired) electrons. The van der Waals surface area contributed by atoms with Crippen molar-refractivity contribution in [2.75, 3.05) is 44.7 Å². The third-order valence-electron chi connectivity index (χ3n) is 5.76. The fraction of sp³-hybridized carbons (Fsp3) is 0.714. The molecule has 2 N–H and O–H groups in total. The van der Waals surface area contributed by atoms with Crippen molar-refractivity contribution >= 4 is 35.8 Å². The highest BCUT2D eigenvalue weighted by Gasteiger charge is 2.33. The first-order chi connectivity index (χ1) is 13.8. The number of rotatable bonds is 5. The maximum absolute atomic E-state index is 14.0. The van der Waals surface area contributed by atoms with Crippen molar-refractivity contribution in [2.45, 2.75) is 57.9 Å². The van der Waals surface area contributed by atoms with Crippen LogP contribution in [0.2, 0.25) is 0 Å². The van der Waals surface area contributed by atoms with E-state index >= 15 is 0 Å². The van der Waals surface area contributed by atoms with E-state index in [2.05, 4.69) is 53.2 Å². The van der Waals surface area contributed by atoms with E-state index in [-0.39, 0.29) is 53.6 Å². The Hall–Kier alpha value is -1.20. The zero-order chi connectivity index (χ0) is 21.0. The summed E-state index contributed by atoms with van der Waals surface area (Å²) in [5, 5.41) is 6.96. The van der Waals surface area contributed by atoms with Gasteiger partial charge in [-0.2, -0.15) is 0 Å². The van der Waals surface area contributed by atoms with Gasteiger partial charge in [-0.05, 0) is 46.2 Å². The molecule has 0 bridgehead atoms. The van der Waals surface area contributed by atoms with Crippen molar-refractivity contribution in [3.05, 3.63) is 24.1 Å². The number of pyridine rings is 1. The highest BCUT2D eigenvalue weighted by Crippen LogP contribution is 2.22. The largest absolute Gasteiger partial charge is 0.373 e. The van der Waals surface area contributed by atoms with Gasteiger partial charge in [0, 0.05) is 57.5 Å². The van der Waals surface area contributed by atoms with Gasteiger partial charge in [0.15, 0.2) is 17.6 Å². The smallest absolute Gasteiger partial charge is 0.191 e. The number of ether oxygens (including phenoxy) is 1. The molecule has 2 saturated heterocycles. The first-order valence-electron chi connectivity index (χ1n) is 10.5. The second-order valence-corrected chi connectivity index (χ2v) is 8.79. The second-order valence-electron chi connectivity index (χ2n) is 8.79. The quantitative estimate of drug-likeness (QED) is 0.344. The summed E-state index contributed by atoms with van der Waals surface area (Å²) in [5.41, 5.74) is -0.0251. The number of nitrogens with zero attached hydrogens (tertiary/aromatic N) is 4. The molecule has 3 unspecified atom stereocenters. The minimum atomic E-state index is -0.272. The number of hydrogen-bond donors (Lipinski definition) is 2. The second kappa shape index (κ2) is 10.9. The van der Waals surface area contributed by atoms with Crippen LogP contribution in [-0.2, 0) is 4.74 Å². The molecule has 0 aromatic carbocycles. The Bertz CT molecular complexity index is 708. The Morgan fingerprint density at radius 3 is 2.63 bits per heavy atom. The van der Waals surface area contributed by atoms with Gasteiger partial charge >= 0.3 is 0 Å². The monoisotopic (exact) mass is 534 g/mol. The molecule has 0 saturated carbocycles. The molecule has 9 heteroatoms. The highest BCUT2D eigenvalue weighted by atomic mass is 127. The van der Waals surface area contributed by atoms with E-state index in [0.29, 0.717) is 12.4 Å². The lowest BCUT2D eigenvalue weighted by Crippen LogP contribution is -2.59. The first kappa shape index (κ1) is 25.1. The van der Waals surface area contributed by atoms with Crippen molar-refractivity contribution in [3.63, 3.8) is 0 Å². The first-order valence-corrected chi connectivity index (χ1v) is 10.5. The van der Waals surface area contributed by atoms with Gasteiger partial charge in [0.1, 0.15) is 0 Å². The van der Waals surface area contributed by atoms with Crippen molar-refractivity contribution in [1.29, 1.82) is 0 Å². The Morgan fingerprint density at radius 2 is 2.00 bits per heavy atom. The van der Waals surface area contributed by atoms with Crippen LogP contribution in [0.5, 0.6) is 0 Å². The van der Waals surface area contributed by atoms with E-state index < -0.39 is 0 Å². The molecule has 2 aliphatic rings. The summed E-state index contributed by atoms with van der Waals surface area (Å²) < 4.78 is 19.9. The van der Waals surface area contributed by atoms with Gasteiger partial charge in [-0.25, -0.2) is 9.37 Å². The van der Waals surface area contributed by atoms with Gasteiger partial charge in [0.05, 0.1) is 12.2 Å². The van der Waals surface area contributed by atoms with Gasteiger partial charge in [-0.1, -0.05) is 0 Å². The average Bonchev–Trinajstić information content (AvgIpc) is 3.13. The van der Waals surface area contributed by atoms with Gasteiger partial charge in [0.2, 0.25) is 0 Å². The molecule has 7 nitrogen and oxygen atoms in total. The fourth-order valence-corrected chi connectivity index (χ4v) is 4.15. The van der Waals surface area contributed by atoms with Crippen LogP contribution in [-0.4, -0.2) is 79.4 Å². The summed E-state index contributed by atoms with van der Waals surface area (Å²) in [7, 11) is 1.78. The van der Waals surface area contributed by atoms with Gasteiger partial charge < -0.3 is 20.3 Å².